The third kappa shape index (κ3) is 4.21. The molecule has 0 aliphatic heterocycles. The minimum atomic E-state index is 0.670. The second-order valence-corrected chi connectivity index (χ2v) is 10.4. The molecule has 8 rings (SSSR count). The summed E-state index contributed by atoms with van der Waals surface area (Å²) >= 11 is 0. The van der Waals surface area contributed by atoms with Crippen molar-refractivity contribution in [2.45, 2.75) is 12.8 Å². The maximum Gasteiger partial charge on any atom is 0.164 e. The number of rotatable bonds is 4. The fourth-order valence-corrected chi connectivity index (χ4v) is 5.79. The minimum absolute atomic E-state index is 0.670. The highest BCUT2D eigenvalue weighted by atomic mass is 16.3. The molecule has 0 spiro atoms. The first kappa shape index (κ1) is 23.5. The van der Waals surface area contributed by atoms with Gasteiger partial charge in [-0.15, -0.1) is 0 Å². The molecule has 0 radical (unpaired) electrons. The van der Waals surface area contributed by atoms with Gasteiger partial charge in [0.2, 0.25) is 0 Å². The van der Waals surface area contributed by atoms with Crippen molar-refractivity contribution in [3.63, 3.8) is 0 Å². The summed E-state index contributed by atoms with van der Waals surface area (Å²) in [7, 11) is 0. The number of para-hydroxylation sites is 1. The summed E-state index contributed by atoms with van der Waals surface area (Å²) in [5.74, 6) is 2.02. The van der Waals surface area contributed by atoms with Crippen LogP contribution < -0.4 is 0 Å². The van der Waals surface area contributed by atoms with Gasteiger partial charge in [0.15, 0.2) is 17.5 Å². The highest BCUT2D eigenvalue weighted by molar-refractivity contribution is 6.11. The molecule has 0 atom stereocenters. The van der Waals surface area contributed by atoms with E-state index in [1.54, 1.807) is 0 Å². The van der Waals surface area contributed by atoms with E-state index in [9.17, 15) is 0 Å². The molecular weight excluding hydrogens is 502 g/mol. The van der Waals surface area contributed by atoms with Gasteiger partial charge in [-0.25, -0.2) is 15.0 Å². The van der Waals surface area contributed by atoms with E-state index in [0.29, 0.717) is 17.5 Å². The summed E-state index contributed by atoms with van der Waals surface area (Å²) in [5.41, 5.74) is 7.22. The molecule has 0 saturated heterocycles. The molecule has 0 fully saturated rings. The Labute approximate surface area is 237 Å². The van der Waals surface area contributed by atoms with Gasteiger partial charge in [-0.3, -0.25) is 0 Å². The number of fused-ring (bicyclic) bond motifs is 4. The standard InChI is InChI=1S/C37H25N3O/c1-2-11-25(12-3-1)35-38-36(40-37(39-35)29-21-20-24-10-4-5-13-26(24)22-29)28-15-8-14-27(23-28)30-17-9-19-33-34(30)31-16-6-7-18-32(31)41-33/h1-7,9-13,15-23H,8,14H2. The Balaban J connectivity index is 1.28. The molecule has 0 N–H and O–H groups in total. The van der Waals surface area contributed by atoms with Crippen LogP contribution in [0.1, 0.15) is 24.2 Å². The van der Waals surface area contributed by atoms with Crippen molar-refractivity contribution in [1.29, 1.82) is 0 Å². The molecule has 7 aromatic rings. The van der Waals surface area contributed by atoms with Gasteiger partial charge in [-0.05, 0) is 59.0 Å². The predicted octanol–water partition coefficient (Wildman–Crippen LogP) is 9.52. The van der Waals surface area contributed by atoms with Crippen LogP contribution in [0.3, 0.4) is 0 Å². The second kappa shape index (κ2) is 9.68. The van der Waals surface area contributed by atoms with E-state index < -0.39 is 0 Å². The summed E-state index contributed by atoms with van der Waals surface area (Å²) in [6, 6.07) is 39.5. The van der Waals surface area contributed by atoms with Gasteiger partial charge in [0.05, 0.1) is 0 Å². The number of hydrogen-bond acceptors (Lipinski definition) is 4. The number of nitrogens with zero attached hydrogens (tertiary/aromatic N) is 3. The molecule has 2 aromatic heterocycles. The van der Waals surface area contributed by atoms with Crippen LogP contribution in [0, 0.1) is 0 Å². The molecule has 0 amide bonds. The van der Waals surface area contributed by atoms with Crippen LogP contribution in [0.2, 0.25) is 0 Å². The summed E-state index contributed by atoms with van der Waals surface area (Å²) < 4.78 is 6.18. The highest BCUT2D eigenvalue weighted by Gasteiger charge is 2.19. The van der Waals surface area contributed by atoms with Crippen molar-refractivity contribution in [3.05, 3.63) is 139 Å². The monoisotopic (exact) mass is 527 g/mol. The molecule has 0 saturated carbocycles. The Morgan fingerprint density at radius 3 is 2.20 bits per heavy atom. The van der Waals surface area contributed by atoms with Crippen LogP contribution in [0.5, 0.6) is 0 Å². The van der Waals surface area contributed by atoms with Crippen LogP contribution in [-0.4, -0.2) is 15.0 Å². The molecule has 2 heterocycles. The van der Waals surface area contributed by atoms with Crippen LogP contribution in [0.25, 0.3) is 66.6 Å². The van der Waals surface area contributed by atoms with Gasteiger partial charge in [-0.2, -0.15) is 0 Å². The maximum atomic E-state index is 6.18. The highest BCUT2D eigenvalue weighted by Crippen LogP contribution is 2.38. The third-order valence-corrected chi connectivity index (χ3v) is 7.79. The van der Waals surface area contributed by atoms with Gasteiger partial charge in [-0.1, -0.05) is 103 Å². The van der Waals surface area contributed by atoms with E-state index in [1.165, 1.54) is 16.5 Å². The van der Waals surface area contributed by atoms with Gasteiger partial charge >= 0.3 is 0 Å². The van der Waals surface area contributed by atoms with Crippen LogP contribution in [0.15, 0.2) is 132 Å². The lowest BCUT2D eigenvalue weighted by molar-refractivity contribution is 0.669. The molecule has 1 aliphatic carbocycles. The van der Waals surface area contributed by atoms with E-state index >= 15 is 0 Å². The maximum absolute atomic E-state index is 6.18. The molecule has 4 nitrogen and oxygen atoms in total. The van der Waals surface area contributed by atoms with Crippen molar-refractivity contribution in [3.8, 4) is 22.8 Å². The van der Waals surface area contributed by atoms with E-state index in [4.69, 9.17) is 19.4 Å². The first-order valence-electron chi connectivity index (χ1n) is 13.9. The minimum Gasteiger partial charge on any atom is -0.456 e. The molecule has 4 heteroatoms. The Kier molecular flexibility index (Phi) is 5.56. The van der Waals surface area contributed by atoms with Crippen molar-refractivity contribution in [2.24, 2.45) is 0 Å². The number of hydrogen-bond donors (Lipinski definition) is 0. The summed E-state index contributed by atoms with van der Waals surface area (Å²) in [5, 5.41) is 4.65. The fraction of sp³-hybridized carbons (Fsp3) is 0.0541. The zero-order chi connectivity index (χ0) is 27.2. The quantitative estimate of drug-likeness (QED) is 0.229. The largest absolute Gasteiger partial charge is 0.456 e. The van der Waals surface area contributed by atoms with Crippen molar-refractivity contribution >= 4 is 43.9 Å². The molecule has 41 heavy (non-hydrogen) atoms. The summed E-state index contributed by atoms with van der Waals surface area (Å²) in [6.07, 6.45) is 6.33. The van der Waals surface area contributed by atoms with E-state index in [1.807, 2.05) is 48.5 Å². The molecule has 1 aliphatic rings. The van der Waals surface area contributed by atoms with Gasteiger partial charge in [0.25, 0.3) is 0 Å². The number of furan rings is 1. The first-order valence-corrected chi connectivity index (χ1v) is 13.9. The Bertz CT molecular complexity index is 2150. The molecule has 0 unspecified atom stereocenters. The zero-order valence-corrected chi connectivity index (χ0v) is 22.3. The lowest BCUT2D eigenvalue weighted by atomic mass is 9.90. The Hall–Kier alpha value is -5.35. The predicted molar refractivity (Wildman–Crippen MR) is 167 cm³/mol. The van der Waals surface area contributed by atoms with Crippen LogP contribution in [-0.2, 0) is 0 Å². The molecule has 5 aromatic carbocycles. The lowest BCUT2D eigenvalue weighted by Crippen LogP contribution is -2.04. The summed E-state index contributed by atoms with van der Waals surface area (Å²) in [6.45, 7) is 0. The normalized spacial score (nSPS) is 13.5. The van der Waals surface area contributed by atoms with Crippen LogP contribution in [0.4, 0.5) is 0 Å². The van der Waals surface area contributed by atoms with E-state index in [0.717, 1.165) is 56.9 Å². The van der Waals surface area contributed by atoms with Crippen LogP contribution >= 0.6 is 0 Å². The van der Waals surface area contributed by atoms with Crippen molar-refractivity contribution in [1.82, 2.24) is 15.0 Å². The number of allylic oxidation sites excluding steroid dienone is 4. The lowest BCUT2D eigenvalue weighted by Gasteiger charge is -2.16. The second-order valence-electron chi connectivity index (χ2n) is 10.4. The fourth-order valence-electron chi connectivity index (χ4n) is 5.79. The molecular formula is C37H25N3O. The summed E-state index contributed by atoms with van der Waals surface area (Å²) in [4.78, 5) is 15.0. The molecule has 194 valence electrons. The van der Waals surface area contributed by atoms with E-state index in [2.05, 4.69) is 78.9 Å². The van der Waals surface area contributed by atoms with E-state index in [-0.39, 0.29) is 0 Å². The number of aromatic nitrogens is 3. The van der Waals surface area contributed by atoms with Gasteiger partial charge in [0, 0.05) is 27.5 Å². The van der Waals surface area contributed by atoms with Gasteiger partial charge < -0.3 is 4.42 Å². The zero-order valence-electron chi connectivity index (χ0n) is 22.3. The van der Waals surface area contributed by atoms with Crippen molar-refractivity contribution < 1.29 is 4.42 Å². The van der Waals surface area contributed by atoms with Crippen molar-refractivity contribution in [2.75, 3.05) is 0 Å². The Morgan fingerprint density at radius 2 is 1.29 bits per heavy atom. The topological polar surface area (TPSA) is 51.8 Å². The smallest absolute Gasteiger partial charge is 0.164 e. The Morgan fingerprint density at radius 1 is 0.561 bits per heavy atom. The van der Waals surface area contributed by atoms with Gasteiger partial charge in [0.1, 0.15) is 11.2 Å². The third-order valence-electron chi connectivity index (χ3n) is 7.79. The number of benzene rings is 5. The average Bonchev–Trinajstić information content (AvgIpc) is 3.44. The SMILES string of the molecule is C1=C(c2nc(-c3ccccc3)nc(-c3ccc4ccccc4c3)n2)C=C(c2cccc3oc4ccccc4c23)CC1. The molecule has 0 bridgehead atoms. The average molecular weight is 528 g/mol. The first-order chi connectivity index (χ1) is 20.3.